The third kappa shape index (κ3) is 1.97. The van der Waals surface area contributed by atoms with Gasteiger partial charge in [-0.1, -0.05) is 0 Å². The molecule has 4 heteroatoms. The number of hydrogen-bond acceptors (Lipinski definition) is 2. The summed E-state index contributed by atoms with van der Waals surface area (Å²) in [6.45, 7) is 2.90. The van der Waals surface area contributed by atoms with E-state index in [9.17, 15) is 4.79 Å². The Labute approximate surface area is 86.5 Å². The molecule has 0 unspecified atom stereocenters. The van der Waals surface area contributed by atoms with E-state index in [4.69, 9.17) is 0 Å². The van der Waals surface area contributed by atoms with E-state index in [2.05, 4.69) is 10.6 Å². The van der Waals surface area contributed by atoms with Crippen molar-refractivity contribution in [3.63, 3.8) is 0 Å². The van der Waals surface area contributed by atoms with Crippen molar-refractivity contribution in [2.24, 2.45) is 5.41 Å². The molecule has 0 aromatic heterocycles. The van der Waals surface area contributed by atoms with Crippen LogP contribution >= 0.6 is 0 Å². The summed E-state index contributed by atoms with van der Waals surface area (Å²) in [4.78, 5) is 11.6. The highest BCUT2D eigenvalue weighted by Gasteiger charge is 2.40. The molecule has 1 amide bonds. The second kappa shape index (κ2) is 4.29. The van der Waals surface area contributed by atoms with E-state index >= 15 is 0 Å². The van der Waals surface area contributed by atoms with Crippen LogP contribution in [-0.2, 0) is 4.79 Å². The fourth-order valence-corrected chi connectivity index (χ4v) is 2.31. The number of carbonyl (C=O) groups excluding carboxylic acids is 1. The average Bonchev–Trinajstić information content (AvgIpc) is 2.12. The maximum Gasteiger partial charge on any atom is 1.00 e. The number of piperidine rings is 2. The van der Waals surface area contributed by atoms with Gasteiger partial charge in [0.25, 0.3) is 0 Å². The third-order valence-electron chi connectivity index (χ3n) is 3.16. The largest absolute Gasteiger partial charge is 1.00 e. The Kier molecular flexibility index (Phi) is 3.56. The zero-order valence-corrected chi connectivity index (χ0v) is 8.49. The lowest BCUT2D eigenvalue weighted by atomic mass is 9.73. The van der Waals surface area contributed by atoms with Gasteiger partial charge in [-0.05, 0) is 38.8 Å². The van der Waals surface area contributed by atoms with Gasteiger partial charge in [-0.2, -0.15) is 0 Å². The van der Waals surface area contributed by atoms with Crippen LogP contribution in [-0.4, -0.2) is 25.5 Å². The second-order valence-electron chi connectivity index (χ2n) is 3.89. The maximum absolute atomic E-state index is 11.6. The zero-order valence-electron chi connectivity index (χ0n) is 8.74. The van der Waals surface area contributed by atoms with Crippen LogP contribution in [0.1, 0.15) is 27.1 Å². The molecule has 0 saturated carbocycles. The second-order valence-corrected chi connectivity index (χ2v) is 3.89. The van der Waals surface area contributed by atoms with Gasteiger partial charge in [0.2, 0.25) is 5.91 Å². The Morgan fingerprint density at radius 2 is 1.85 bits per heavy atom. The van der Waals surface area contributed by atoms with Crippen LogP contribution in [0.15, 0.2) is 0 Å². The van der Waals surface area contributed by atoms with Crippen LogP contribution in [0.3, 0.4) is 0 Å². The monoisotopic (exact) mass is 204 g/mol. The first-order valence-corrected chi connectivity index (χ1v) is 4.83. The van der Waals surface area contributed by atoms with Crippen LogP contribution in [0.5, 0.6) is 0 Å². The Hall–Kier alpha value is -0.280. The molecule has 2 saturated heterocycles. The Morgan fingerprint density at radius 1 is 1.15 bits per heavy atom. The summed E-state index contributed by atoms with van der Waals surface area (Å²) in [5.41, 5.74) is 0.00347. The molecule has 2 N–H and O–H groups in total. The molecular formula is C9H17ClN2O. The van der Waals surface area contributed by atoms with Crippen LogP contribution in [0.25, 0.3) is 0 Å². The first-order chi connectivity index (χ1) is 5.83. The van der Waals surface area contributed by atoms with E-state index in [-0.39, 0.29) is 19.2 Å². The minimum Gasteiger partial charge on any atom is -1.00 e. The van der Waals surface area contributed by atoms with Gasteiger partial charge in [0.1, 0.15) is 0 Å². The zero-order chi connectivity index (χ0) is 8.44. The number of carbonyl (C=O) groups is 1. The predicted octanol–water partition coefficient (Wildman–Crippen LogP) is -2.62. The molecular weight excluding hydrogens is 188 g/mol. The first-order valence-electron chi connectivity index (χ1n) is 4.83. The van der Waals surface area contributed by atoms with Crippen LogP contribution < -0.4 is 23.0 Å². The van der Waals surface area contributed by atoms with Gasteiger partial charge in [0.05, 0.1) is 5.41 Å². The maximum atomic E-state index is 11.6. The van der Waals surface area contributed by atoms with E-state index in [1.807, 2.05) is 0 Å². The summed E-state index contributed by atoms with van der Waals surface area (Å²) >= 11 is 0. The smallest absolute Gasteiger partial charge is 1.00 e. The lowest BCUT2D eigenvalue weighted by molar-refractivity contribution is -0.135. The summed E-state index contributed by atoms with van der Waals surface area (Å²) in [7, 11) is 0. The van der Waals surface area contributed by atoms with Gasteiger partial charge in [0.15, 0.2) is 0 Å². The highest BCUT2D eigenvalue weighted by atomic mass is 35.5. The summed E-state index contributed by atoms with van der Waals surface area (Å²) in [5, 5.41) is 6.27. The summed E-state index contributed by atoms with van der Waals surface area (Å²) < 4.78 is 0. The molecule has 2 aliphatic heterocycles. The minimum atomic E-state index is 0. The molecule has 2 rings (SSSR count). The standard InChI is InChI=1S/C9H16N2O.ClH/c12-8-9(2-1-5-11-8)3-6-10-7-4-9;/h10H,1-7H2,(H,11,12);1H. The van der Waals surface area contributed by atoms with Gasteiger partial charge < -0.3 is 23.0 Å². The number of amides is 1. The topological polar surface area (TPSA) is 41.1 Å². The molecule has 13 heavy (non-hydrogen) atoms. The van der Waals surface area contributed by atoms with Crippen molar-refractivity contribution in [3.8, 4) is 0 Å². The molecule has 3 nitrogen and oxygen atoms in total. The number of rotatable bonds is 0. The molecule has 0 aromatic carbocycles. The molecule has 2 fully saturated rings. The third-order valence-corrected chi connectivity index (χ3v) is 3.16. The van der Waals surface area contributed by atoms with Gasteiger partial charge in [-0.3, -0.25) is 4.79 Å². The van der Waals surface area contributed by atoms with Crippen molar-refractivity contribution in [2.45, 2.75) is 25.7 Å². The predicted molar refractivity (Wildman–Crippen MR) is 47.9 cm³/mol. The van der Waals surface area contributed by atoms with E-state index < -0.39 is 0 Å². The van der Waals surface area contributed by atoms with Crippen molar-refractivity contribution in [3.05, 3.63) is 0 Å². The van der Waals surface area contributed by atoms with Gasteiger partial charge in [0, 0.05) is 6.54 Å². The van der Waals surface area contributed by atoms with Crippen molar-refractivity contribution in [1.29, 1.82) is 0 Å². The molecule has 0 aliphatic carbocycles. The lowest BCUT2D eigenvalue weighted by Gasteiger charge is -2.39. The van der Waals surface area contributed by atoms with Gasteiger partial charge in [-0.25, -0.2) is 0 Å². The molecule has 1 spiro atoms. The molecule has 0 radical (unpaired) electrons. The lowest BCUT2D eigenvalue weighted by Crippen LogP contribution is -3.00. The SMILES string of the molecule is O=C1NCCCC12CCNCC2.[Cl-].[H+]. The fourth-order valence-electron chi connectivity index (χ4n) is 2.31. The van der Waals surface area contributed by atoms with Gasteiger partial charge in [-0.15, -0.1) is 0 Å². The van der Waals surface area contributed by atoms with Crippen LogP contribution in [0, 0.1) is 5.41 Å². The van der Waals surface area contributed by atoms with Crippen molar-refractivity contribution < 1.29 is 18.6 Å². The van der Waals surface area contributed by atoms with Crippen LogP contribution in [0.2, 0.25) is 0 Å². The van der Waals surface area contributed by atoms with Crippen molar-refractivity contribution >= 4 is 5.91 Å². The van der Waals surface area contributed by atoms with Crippen LogP contribution in [0.4, 0.5) is 0 Å². The van der Waals surface area contributed by atoms with E-state index in [0.29, 0.717) is 5.91 Å². The number of nitrogens with one attached hydrogen (secondary N) is 2. The van der Waals surface area contributed by atoms with E-state index in [1.165, 1.54) is 0 Å². The molecule has 76 valence electrons. The van der Waals surface area contributed by atoms with Gasteiger partial charge >= 0.3 is 1.43 Å². The van der Waals surface area contributed by atoms with Crippen molar-refractivity contribution in [1.82, 2.24) is 10.6 Å². The summed E-state index contributed by atoms with van der Waals surface area (Å²) in [6.07, 6.45) is 4.31. The Bertz CT molecular complexity index is 187. The molecule has 0 atom stereocenters. The fraction of sp³-hybridized carbons (Fsp3) is 0.889. The molecule has 0 bridgehead atoms. The summed E-state index contributed by atoms with van der Waals surface area (Å²) in [6, 6.07) is 0. The number of halogens is 1. The molecule has 2 heterocycles. The molecule has 2 aliphatic rings. The molecule has 0 aromatic rings. The quantitative estimate of drug-likeness (QED) is 0.454. The highest BCUT2D eigenvalue weighted by molar-refractivity contribution is 5.83. The first kappa shape index (κ1) is 10.8. The highest BCUT2D eigenvalue weighted by Crippen LogP contribution is 2.35. The Balaban J connectivity index is 0.000000845. The minimum absolute atomic E-state index is 0. The van der Waals surface area contributed by atoms with E-state index in [1.54, 1.807) is 0 Å². The number of hydrogen-bond donors (Lipinski definition) is 2. The average molecular weight is 205 g/mol. The summed E-state index contributed by atoms with van der Waals surface area (Å²) in [5.74, 6) is 0.301. The normalized spacial score (nSPS) is 26.3. The van der Waals surface area contributed by atoms with E-state index in [0.717, 1.165) is 45.3 Å². The Morgan fingerprint density at radius 3 is 2.46 bits per heavy atom. The van der Waals surface area contributed by atoms with Crippen molar-refractivity contribution in [2.75, 3.05) is 19.6 Å².